The number of pyridine rings is 1. The fraction of sp³-hybridized carbons (Fsp3) is 0.400. The van der Waals surface area contributed by atoms with Crippen LogP contribution in [-0.2, 0) is 26.2 Å². The molecule has 0 bridgehead atoms. The van der Waals surface area contributed by atoms with Crippen molar-refractivity contribution in [2.75, 3.05) is 43.4 Å². The lowest BCUT2D eigenvalue weighted by atomic mass is 10.2. The van der Waals surface area contributed by atoms with Crippen molar-refractivity contribution in [2.45, 2.75) is 12.6 Å². The fourth-order valence-corrected chi connectivity index (χ4v) is 4.92. The number of hydrogen-bond donors (Lipinski definition) is 1. The Morgan fingerprint density at radius 1 is 1.10 bits per heavy atom. The predicted molar refractivity (Wildman–Crippen MR) is 111 cm³/mol. The minimum Gasteiger partial charge on any atom is -0.374 e. The number of ether oxygens (including phenoxy) is 1. The Morgan fingerprint density at radius 2 is 1.80 bits per heavy atom. The third-order valence-electron chi connectivity index (χ3n) is 4.91. The molecule has 1 aliphatic heterocycles. The molecule has 1 aromatic heterocycles. The monoisotopic (exact) mass is 434 g/mol. The summed E-state index contributed by atoms with van der Waals surface area (Å²) in [6.07, 6.45) is 1.90. The van der Waals surface area contributed by atoms with Gasteiger partial charge in [0.15, 0.2) is 0 Å². The van der Waals surface area contributed by atoms with Crippen LogP contribution in [0.2, 0.25) is 0 Å². The quantitative estimate of drug-likeness (QED) is 0.338. The average molecular weight is 435 g/mol. The number of benzene rings is 1. The minimum atomic E-state index is -3.69. The second kappa shape index (κ2) is 10.5. The van der Waals surface area contributed by atoms with Gasteiger partial charge in [0.05, 0.1) is 25.0 Å². The first-order valence-electron chi connectivity index (χ1n) is 9.67. The molecule has 0 spiro atoms. The third kappa shape index (κ3) is 5.99. The first-order valence-corrected chi connectivity index (χ1v) is 11.3. The number of piperazine rings is 1. The second-order valence-electron chi connectivity index (χ2n) is 6.99. The van der Waals surface area contributed by atoms with Gasteiger partial charge in [-0.05, 0) is 17.7 Å². The lowest BCUT2D eigenvalue weighted by Gasteiger charge is -2.35. The number of carbonyl (C=O) groups excluding carboxylic acids is 1. The Morgan fingerprint density at radius 3 is 2.43 bits per heavy atom. The second-order valence-corrected chi connectivity index (χ2v) is 9.01. The summed E-state index contributed by atoms with van der Waals surface area (Å²) in [6.45, 7) is 1.81. The summed E-state index contributed by atoms with van der Waals surface area (Å²) in [5, 5.41) is 10.2. The van der Waals surface area contributed by atoms with E-state index in [4.69, 9.17) is 4.74 Å². The third-order valence-corrected chi connectivity index (χ3v) is 6.87. The van der Waals surface area contributed by atoms with Crippen LogP contribution in [0.3, 0.4) is 0 Å². The first-order chi connectivity index (χ1) is 14.5. The van der Waals surface area contributed by atoms with Gasteiger partial charge in [0.25, 0.3) is 0 Å². The van der Waals surface area contributed by atoms with Crippen molar-refractivity contribution < 1.29 is 23.2 Å². The maximum absolute atomic E-state index is 12.9. The zero-order valence-electron chi connectivity index (χ0n) is 16.6. The van der Waals surface area contributed by atoms with Gasteiger partial charge >= 0.3 is 0 Å². The number of carbonyl (C=O) groups is 1. The lowest BCUT2D eigenvalue weighted by Crippen LogP contribution is -2.52. The van der Waals surface area contributed by atoms with Crippen LogP contribution in [-0.4, -0.2) is 79.0 Å². The van der Waals surface area contributed by atoms with Gasteiger partial charge in [0.1, 0.15) is 5.82 Å². The number of hydrogen-bond acceptors (Lipinski definition) is 7. The molecular weight excluding hydrogens is 408 g/mol. The number of anilines is 1. The molecule has 0 saturated carbocycles. The van der Waals surface area contributed by atoms with E-state index in [0.717, 1.165) is 11.4 Å². The number of amides is 1. The lowest BCUT2D eigenvalue weighted by molar-refractivity contribution is -0.163. The molecule has 1 unspecified atom stereocenters. The van der Waals surface area contributed by atoms with Crippen LogP contribution in [0.15, 0.2) is 54.7 Å². The molecule has 10 heteroatoms. The first kappa shape index (κ1) is 22.2. The van der Waals surface area contributed by atoms with Crippen LogP contribution in [0.4, 0.5) is 5.82 Å². The van der Waals surface area contributed by atoms with Crippen molar-refractivity contribution in [2.24, 2.45) is 0 Å². The largest absolute Gasteiger partial charge is 0.374 e. The van der Waals surface area contributed by atoms with Gasteiger partial charge < -0.3 is 9.64 Å². The van der Waals surface area contributed by atoms with Crippen LogP contribution >= 0.6 is 0 Å². The van der Waals surface area contributed by atoms with Crippen molar-refractivity contribution in [1.82, 2.24) is 14.4 Å². The van der Waals surface area contributed by atoms with Crippen molar-refractivity contribution >= 4 is 22.3 Å². The van der Waals surface area contributed by atoms with E-state index in [1.807, 2.05) is 53.4 Å². The SMILES string of the molecule is O=CN(O)C(COCc1ccccc1)CS(=O)(=O)N1CCN(c2ccccn2)CC1. The van der Waals surface area contributed by atoms with E-state index in [0.29, 0.717) is 31.2 Å². The van der Waals surface area contributed by atoms with Crippen LogP contribution in [0.1, 0.15) is 5.56 Å². The number of hydroxylamine groups is 2. The van der Waals surface area contributed by atoms with E-state index in [-0.39, 0.29) is 19.6 Å². The van der Waals surface area contributed by atoms with Gasteiger partial charge in [0, 0.05) is 32.4 Å². The molecule has 162 valence electrons. The molecule has 1 aliphatic rings. The van der Waals surface area contributed by atoms with Crippen LogP contribution in [0, 0.1) is 0 Å². The van der Waals surface area contributed by atoms with Gasteiger partial charge in [0.2, 0.25) is 16.4 Å². The predicted octanol–water partition coefficient (Wildman–Crippen LogP) is 0.966. The average Bonchev–Trinajstić information content (AvgIpc) is 2.79. The molecule has 2 heterocycles. The van der Waals surface area contributed by atoms with Crippen molar-refractivity contribution in [3.8, 4) is 0 Å². The summed E-state index contributed by atoms with van der Waals surface area (Å²) in [7, 11) is -3.69. The van der Waals surface area contributed by atoms with E-state index >= 15 is 0 Å². The summed E-state index contributed by atoms with van der Waals surface area (Å²) in [6, 6.07) is 14.0. The topological polar surface area (TPSA) is 103 Å². The van der Waals surface area contributed by atoms with Crippen LogP contribution < -0.4 is 4.90 Å². The van der Waals surface area contributed by atoms with Crippen molar-refractivity contribution in [1.29, 1.82) is 0 Å². The molecule has 0 radical (unpaired) electrons. The Bertz CT molecular complexity index is 890. The summed E-state index contributed by atoms with van der Waals surface area (Å²) >= 11 is 0. The Hall–Kier alpha value is -2.53. The van der Waals surface area contributed by atoms with Crippen LogP contribution in [0.5, 0.6) is 0 Å². The van der Waals surface area contributed by atoms with Gasteiger partial charge in [-0.1, -0.05) is 36.4 Å². The summed E-state index contributed by atoms with van der Waals surface area (Å²) in [5.74, 6) is 0.393. The van der Waals surface area contributed by atoms with Crippen molar-refractivity contribution in [3.05, 3.63) is 60.3 Å². The molecule has 1 aromatic carbocycles. The van der Waals surface area contributed by atoms with E-state index in [1.165, 1.54) is 4.31 Å². The minimum absolute atomic E-state index is 0.0999. The van der Waals surface area contributed by atoms with Crippen LogP contribution in [0.25, 0.3) is 0 Å². The summed E-state index contributed by atoms with van der Waals surface area (Å²) in [4.78, 5) is 17.4. The highest BCUT2D eigenvalue weighted by Gasteiger charge is 2.32. The molecule has 3 rings (SSSR count). The molecule has 1 saturated heterocycles. The number of nitrogens with zero attached hydrogens (tertiary/aromatic N) is 4. The molecule has 30 heavy (non-hydrogen) atoms. The smallest absolute Gasteiger partial charge is 0.233 e. The van der Waals surface area contributed by atoms with E-state index in [9.17, 15) is 18.4 Å². The summed E-state index contributed by atoms with van der Waals surface area (Å²) in [5.41, 5.74) is 0.917. The molecule has 1 amide bonds. The van der Waals surface area contributed by atoms with Gasteiger partial charge in [-0.15, -0.1) is 0 Å². The van der Waals surface area contributed by atoms with E-state index in [1.54, 1.807) is 6.20 Å². The van der Waals surface area contributed by atoms with Gasteiger partial charge in [-0.25, -0.2) is 18.5 Å². The number of aromatic nitrogens is 1. The number of sulfonamides is 1. The fourth-order valence-electron chi connectivity index (χ4n) is 3.26. The molecule has 9 nitrogen and oxygen atoms in total. The molecule has 2 aromatic rings. The highest BCUT2D eigenvalue weighted by Crippen LogP contribution is 2.16. The standard InChI is InChI=1S/C20H26N4O5S/c25-17-24(26)19(15-29-14-18-6-2-1-3-7-18)16-30(27,28)23-12-10-22(11-13-23)20-8-4-5-9-21-20/h1-9,17,19,26H,10-16H2. The number of rotatable bonds is 10. The Balaban J connectivity index is 1.56. The maximum Gasteiger partial charge on any atom is 0.233 e. The normalized spacial score (nSPS) is 16.2. The molecule has 0 aliphatic carbocycles. The van der Waals surface area contributed by atoms with Gasteiger partial charge in [-0.3, -0.25) is 10.0 Å². The molecule has 1 atom stereocenters. The molecule has 1 N–H and O–H groups in total. The van der Waals surface area contributed by atoms with Crippen molar-refractivity contribution in [3.63, 3.8) is 0 Å². The zero-order valence-corrected chi connectivity index (χ0v) is 17.4. The van der Waals surface area contributed by atoms with E-state index in [2.05, 4.69) is 4.98 Å². The van der Waals surface area contributed by atoms with Gasteiger partial charge in [-0.2, -0.15) is 4.31 Å². The zero-order chi connectivity index (χ0) is 21.4. The molecular formula is C20H26N4O5S. The summed E-state index contributed by atoms with van der Waals surface area (Å²) < 4.78 is 32.7. The molecule has 1 fully saturated rings. The Kier molecular flexibility index (Phi) is 7.75. The maximum atomic E-state index is 12.9. The highest BCUT2D eigenvalue weighted by atomic mass is 32.2. The van der Waals surface area contributed by atoms with E-state index < -0.39 is 21.8 Å². The highest BCUT2D eigenvalue weighted by molar-refractivity contribution is 7.89. The Labute approximate surface area is 176 Å².